The van der Waals surface area contributed by atoms with E-state index in [1.54, 1.807) is 32.4 Å². The van der Waals surface area contributed by atoms with Crippen LogP contribution in [-0.2, 0) is 13.0 Å². The van der Waals surface area contributed by atoms with Crippen LogP contribution >= 0.6 is 0 Å². The summed E-state index contributed by atoms with van der Waals surface area (Å²) in [6.45, 7) is 4.02. The summed E-state index contributed by atoms with van der Waals surface area (Å²) < 4.78 is 21.5. The number of hydrogen-bond donors (Lipinski definition) is 1. The van der Waals surface area contributed by atoms with Crippen LogP contribution < -0.4 is 14.8 Å². The minimum absolute atomic E-state index is 0.249. The maximum Gasteiger partial charge on any atom is 0.287 e. The zero-order chi connectivity index (χ0) is 19.4. The number of rotatable bonds is 7. The number of aromatic nitrogens is 1. The number of methoxy groups -OCH3 is 2. The Hall–Kier alpha value is -3.22. The molecular formula is C20H22N2O5. The molecule has 7 heteroatoms. The lowest BCUT2D eigenvalue weighted by Crippen LogP contribution is -2.22. The van der Waals surface area contributed by atoms with E-state index in [9.17, 15) is 4.79 Å². The van der Waals surface area contributed by atoms with Gasteiger partial charge in [0.1, 0.15) is 11.5 Å². The van der Waals surface area contributed by atoms with Gasteiger partial charge in [-0.2, -0.15) is 0 Å². The van der Waals surface area contributed by atoms with Crippen LogP contribution in [0.5, 0.6) is 11.5 Å². The monoisotopic (exact) mass is 370 g/mol. The molecule has 2 aromatic heterocycles. The third-order valence-electron chi connectivity index (χ3n) is 4.34. The molecule has 0 saturated heterocycles. The van der Waals surface area contributed by atoms with Crippen molar-refractivity contribution in [1.29, 1.82) is 0 Å². The van der Waals surface area contributed by atoms with E-state index in [4.69, 9.17) is 18.4 Å². The van der Waals surface area contributed by atoms with Crippen molar-refractivity contribution < 1.29 is 23.2 Å². The van der Waals surface area contributed by atoms with Crippen molar-refractivity contribution in [2.45, 2.75) is 26.8 Å². The van der Waals surface area contributed by atoms with Crippen LogP contribution in [0.3, 0.4) is 0 Å². The first-order chi connectivity index (χ1) is 13.0. The molecule has 3 rings (SSSR count). The number of hydrogen-bond acceptors (Lipinski definition) is 6. The number of ether oxygens (including phenoxy) is 2. The summed E-state index contributed by atoms with van der Waals surface area (Å²) in [6.07, 6.45) is 0.526. The highest BCUT2D eigenvalue weighted by Gasteiger charge is 2.16. The van der Waals surface area contributed by atoms with Crippen LogP contribution in [0, 0.1) is 13.8 Å². The molecule has 0 bridgehead atoms. The number of aryl methyl sites for hydroxylation is 2. The molecule has 142 valence electrons. The largest absolute Gasteiger partial charge is 0.493 e. The summed E-state index contributed by atoms with van der Waals surface area (Å²) in [7, 11) is 3.14. The summed E-state index contributed by atoms with van der Waals surface area (Å²) >= 11 is 0. The van der Waals surface area contributed by atoms with Gasteiger partial charge in [-0.25, -0.2) is 0 Å². The third kappa shape index (κ3) is 3.97. The van der Waals surface area contributed by atoms with Crippen molar-refractivity contribution in [3.05, 3.63) is 64.4 Å². The van der Waals surface area contributed by atoms with Crippen molar-refractivity contribution in [2.24, 2.45) is 0 Å². The zero-order valence-electron chi connectivity index (χ0n) is 15.8. The summed E-state index contributed by atoms with van der Waals surface area (Å²) in [4.78, 5) is 12.4. The molecule has 2 heterocycles. The minimum Gasteiger partial charge on any atom is -0.493 e. The topological polar surface area (TPSA) is 86.7 Å². The van der Waals surface area contributed by atoms with Crippen molar-refractivity contribution >= 4 is 5.91 Å². The lowest BCUT2D eigenvalue weighted by Gasteiger charge is -2.12. The number of nitrogens with one attached hydrogen (secondary N) is 1. The van der Waals surface area contributed by atoms with Crippen LogP contribution in [0.4, 0.5) is 0 Å². The average Bonchev–Trinajstić information content (AvgIpc) is 3.28. The predicted molar refractivity (Wildman–Crippen MR) is 98.2 cm³/mol. The van der Waals surface area contributed by atoms with Crippen molar-refractivity contribution in [3.8, 4) is 11.5 Å². The normalized spacial score (nSPS) is 10.7. The fourth-order valence-corrected chi connectivity index (χ4v) is 2.88. The second-order valence-corrected chi connectivity index (χ2v) is 6.08. The van der Waals surface area contributed by atoms with Gasteiger partial charge in [0, 0.05) is 24.1 Å². The SMILES string of the molecule is COc1cccc(CNC(=O)c2ccc(Cc3c(C)noc3C)o2)c1OC. The van der Waals surface area contributed by atoms with Gasteiger partial charge in [0.25, 0.3) is 5.91 Å². The van der Waals surface area contributed by atoms with Crippen LogP contribution in [0.2, 0.25) is 0 Å². The highest BCUT2D eigenvalue weighted by Crippen LogP contribution is 2.30. The van der Waals surface area contributed by atoms with Crippen molar-refractivity contribution in [3.63, 3.8) is 0 Å². The van der Waals surface area contributed by atoms with Gasteiger partial charge in [0.2, 0.25) is 0 Å². The second-order valence-electron chi connectivity index (χ2n) is 6.08. The van der Waals surface area contributed by atoms with Gasteiger partial charge in [-0.15, -0.1) is 0 Å². The summed E-state index contributed by atoms with van der Waals surface area (Å²) in [6, 6.07) is 8.96. The standard InChI is InChI=1S/C20H22N2O5/c1-12-16(13(2)27-22-12)10-15-8-9-18(26-15)20(23)21-11-14-6-5-7-17(24-3)19(14)25-4/h5-9H,10-11H2,1-4H3,(H,21,23). The minimum atomic E-state index is -0.301. The fourth-order valence-electron chi connectivity index (χ4n) is 2.88. The van der Waals surface area contributed by atoms with Crippen LogP contribution in [0.25, 0.3) is 0 Å². The highest BCUT2D eigenvalue weighted by atomic mass is 16.5. The Morgan fingerprint density at radius 1 is 1.15 bits per heavy atom. The van der Waals surface area contributed by atoms with Crippen molar-refractivity contribution in [1.82, 2.24) is 10.5 Å². The van der Waals surface area contributed by atoms with Crippen LogP contribution in [-0.4, -0.2) is 25.3 Å². The molecule has 0 atom stereocenters. The number of amides is 1. The van der Waals surface area contributed by atoms with E-state index in [-0.39, 0.29) is 11.7 Å². The molecule has 3 aromatic rings. The first-order valence-corrected chi connectivity index (χ1v) is 8.52. The molecule has 0 saturated carbocycles. The molecule has 27 heavy (non-hydrogen) atoms. The lowest BCUT2D eigenvalue weighted by molar-refractivity contribution is 0.0921. The first-order valence-electron chi connectivity index (χ1n) is 8.52. The highest BCUT2D eigenvalue weighted by molar-refractivity contribution is 5.91. The van der Waals surface area contributed by atoms with Gasteiger partial charge >= 0.3 is 0 Å². The molecule has 1 amide bonds. The van der Waals surface area contributed by atoms with E-state index in [2.05, 4.69) is 10.5 Å². The summed E-state index contributed by atoms with van der Waals surface area (Å²) in [5.41, 5.74) is 2.60. The molecule has 0 aliphatic carbocycles. The van der Waals surface area contributed by atoms with Gasteiger partial charge in [0.05, 0.1) is 19.9 Å². The lowest BCUT2D eigenvalue weighted by atomic mass is 10.1. The van der Waals surface area contributed by atoms with E-state index < -0.39 is 0 Å². The van der Waals surface area contributed by atoms with E-state index in [1.807, 2.05) is 26.0 Å². The third-order valence-corrected chi connectivity index (χ3v) is 4.34. The quantitative estimate of drug-likeness (QED) is 0.686. The summed E-state index contributed by atoms with van der Waals surface area (Å²) in [5, 5.41) is 6.77. The maximum absolute atomic E-state index is 12.4. The molecule has 0 aliphatic rings. The van der Waals surface area contributed by atoms with Gasteiger partial charge in [-0.1, -0.05) is 17.3 Å². The number of carbonyl (C=O) groups excluding carboxylic acids is 1. The smallest absolute Gasteiger partial charge is 0.287 e. The average molecular weight is 370 g/mol. The Labute approximate surface area is 157 Å². The Kier molecular flexibility index (Phi) is 5.49. The molecule has 0 unspecified atom stereocenters. The van der Waals surface area contributed by atoms with E-state index in [0.29, 0.717) is 30.2 Å². The second kappa shape index (κ2) is 7.99. The number of para-hydroxylation sites is 1. The van der Waals surface area contributed by atoms with Gasteiger partial charge in [-0.3, -0.25) is 4.79 Å². The number of nitrogens with zero attached hydrogens (tertiary/aromatic N) is 1. The predicted octanol–water partition coefficient (Wildman–Crippen LogP) is 3.42. The molecule has 0 fully saturated rings. The Balaban J connectivity index is 1.67. The zero-order valence-corrected chi connectivity index (χ0v) is 15.8. The molecule has 0 spiro atoms. The van der Waals surface area contributed by atoms with Crippen LogP contribution in [0.1, 0.15) is 38.9 Å². The molecule has 1 aromatic carbocycles. The maximum atomic E-state index is 12.4. The first kappa shape index (κ1) is 18.6. The number of furan rings is 1. The molecule has 0 radical (unpaired) electrons. The molecule has 7 nitrogen and oxygen atoms in total. The molecule has 1 N–H and O–H groups in total. The fraction of sp³-hybridized carbons (Fsp3) is 0.300. The molecule has 0 aliphatic heterocycles. The Morgan fingerprint density at radius 2 is 1.96 bits per heavy atom. The Bertz CT molecular complexity index is 922. The van der Waals surface area contributed by atoms with Crippen LogP contribution in [0.15, 0.2) is 39.3 Å². The summed E-state index contributed by atoms with van der Waals surface area (Å²) in [5.74, 6) is 2.58. The number of benzene rings is 1. The number of carbonyl (C=O) groups is 1. The van der Waals surface area contributed by atoms with Gasteiger partial charge in [-0.05, 0) is 32.0 Å². The van der Waals surface area contributed by atoms with E-state index in [1.165, 1.54) is 0 Å². The Morgan fingerprint density at radius 3 is 2.63 bits per heavy atom. The van der Waals surface area contributed by atoms with Gasteiger partial charge in [0.15, 0.2) is 17.3 Å². The van der Waals surface area contributed by atoms with E-state index in [0.717, 1.165) is 22.6 Å². The van der Waals surface area contributed by atoms with Crippen molar-refractivity contribution in [2.75, 3.05) is 14.2 Å². The van der Waals surface area contributed by atoms with E-state index >= 15 is 0 Å². The van der Waals surface area contributed by atoms with Gasteiger partial charge < -0.3 is 23.7 Å². The molecular weight excluding hydrogens is 348 g/mol.